The minimum Gasteiger partial charge on any atom is -0.354 e. The van der Waals surface area contributed by atoms with Gasteiger partial charge < -0.3 is 9.47 Å². The summed E-state index contributed by atoms with van der Waals surface area (Å²) in [5.74, 6) is -0.872. The highest BCUT2D eigenvalue weighted by Crippen LogP contribution is 2.41. The molecule has 1 atom stereocenters. The van der Waals surface area contributed by atoms with E-state index in [0.717, 1.165) is 5.57 Å². The summed E-state index contributed by atoms with van der Waals surface area (Å²) < 4.78 is 11.1. The molecule has 1 unspecified atom stereocenters. The van der Waals surface area contributed by atoms with Crippen molar-refractivity contribution in [1.82, 2.24) is 0 Å². The molecule has 0 amide bonds. The van der Waals surface area contributed by atoms with Crippen molar-refractivity contribution in [3.05, 3.63) is 23.3 Å². The van der Waals surface area contributed by atoms with E-state index in [1.54, 1.807) is 34.0 Å². The average Bonchev–Trinajstić information content (AvgIpc) is 2.34. The molecule has 0 saturated heterocycles. The number of methoxy groups -OCH3 is 1. The van der Waals surface area contributed by atoms with Crippen LogP contribution in [0.2, 0.25) is 0 Å². The summed E-state index contributed by atoms with van der Waals surface area (Å²) in [6.07, 6.45) is 3.30. The van der Waals surface area contributed by atoms with Crippen molar-refractivity contribution in [2.24, 2.45) is 5.41 Å². The topological polar surface area (TPSA) is 52.6 Å². The summed E-state index contributed by atoms with van der Waals surface area (Å²) >= 11 is 0. The van der Waals surface area contributed by atoms with E-state index >= 15 is 0 Å². The van der Waals surface area contributed by atoms with Gasteiger partial charge in [0.2, 0.25) is 0 Å². The van der Waals surface area contributed by atoms with Gasteiger partial charge in [-0.1, -0.05) is 19.9 Å². The summed E-state index contributed by atoms with van der Waals surface area (Å²) in [7, 11) is 1.56. The molecule has 0 aromatic rings. The quantitative estimate of drug-likeness (QED) is 0.577. The van der Waals surface area contributed by atoms with Crippen molar-refractivity contribution in [2.45, 2.75) is 59.9 Å². The highest BCUT2D eigenvalue weighted by molar-refractivity contribution is 6.01. The van der Waals surface area contributed by atoms with Crippen LogP contribution in [0.5, 0.6) is 0 Å². The third-order valence-electron chi connectivity index (χ3n) is 3.89. The number of hydrogen-bond donors (Lipinski definition) is 0. The highest BCUT2D eigenvalue weighted by Gasteiger charge is 2.40. The molecular formula is C17H26O4. The number of carbonyl (C=O) groups is 2. The SMILES string of the molecule is COC(C)(C)OC1CC(C)(C)C(C=CC(C)=O)=C(C)C1=O. The number of ketones is 2. The van der Waals surface area contributed by atoms with E-state index in [-0.39, 0.29) is 17.0 Å². The summed E-state index contributed by atoms with van der Waals surface area (Å²) in [6.45, 7) is 11.0. The van der Waals surface area contributed by atoms with Gasteiger partial charge in [-0.25, -0.2) is 0 Å². The first kappa shape index (κ1) is 17.8. The van der Waals surface area contributed by atoms with Crippen LogP contribution in [0.15, 0.2) is 23.3 Å². The smallest absolute Gasteiger partial charge is 0.187 e. The molecule has 0 spiro atoms. The van der Waals surface area contributed by atoms with Crippen LogP contribution in [0, 0.1) is 5.41 Å². The number of hydrogen-bond acceptors (Lipinski definition) is 4. The number of rotatable bonds is 5. The Morgan fingerprint density at radius 2 is 1.95 bits per heavy atom. The van der Waals surface area contributed by atoms with E-state index in [1.165, 1.54) is 13.0 Å². The van der Waals surface area contributed by atoms with Crippen molar-refractivity contribution in [2.75, 3.05) is 7.11 Å². The van der Waals surface area contributed by atoms with Crippen molar-refractivity contribution in [1.29, 1.82) is 0 Å². The van der Waals surface area contributed by atoms with E-state index < -0.39 is 11.9 Å². The second-order valence-corrected chi connectivity index (χ2v) is 6.65. The summed E-state index contributed by atoms with van der Waals surface area (Å²) in [4.78, 5) is 23.6. The summed E-state index contributed by atoms with van der Waals surface area (Å²) in [6, 6.07) is 0. The Bertz CT molecular complexity index is 495. The van der Waals surface area contributed by atoms with Crippen molar-refractivity contribution >= 4 is 11.6 Å². The van der Waals surface area contributed by atoms with Crippen molar-refractivity contribution < 1.29 is 19.1 Å². The van der Waals surface area contributed by atoms with Crippen LogP contribution in [0.4, 0.5) is 0 Å². The lowest BCUT2D eigenvalue weighted by Gasteiger charge is -2.39. The lowest BCUT2D eigenvalue weighted by molar-refractivity contribution is -0.225. The van der Waals surface area contributed by atoms with Crippen LogP contribution in [0.3, 0.4) is 0 Å². The largest absolute Gasteiger partial charge is 0.354 e. The van der Waals surface area contributed by atoms with E-state index in [4.69, 9.17) is 9.47 Å². The zero-order valence-electron chi connectivity index (χ0n) is 14.1. The van der Waals surface area contributed by atoms with Crippen LogP contribution in [0.1, 0.15) is 48.0 Å². The Labute approximate surface area is 127 Å². The molecule has 0 aromatic heterocycles. The van der Waals surface area contributed by atoms with Crippen LogP contribution < -0.4 is 0 Å². The fourth-order valence-electron chi connectivity index (χ4n) is 2.59. The standard InChI is InChI=1S/C17H26O4/c1-11(18)8-9-13-12(2)15(19)14(10-16(13,3)4)21-17(5,6)20-7/h8-9,14H,10H2,1-7H3. The molecule has 0 aromatic carbocycles. The number of carbonyl (C=O) groups excluding carboxylic acids is 2. The summed E-state index contributed by atoms with van der Waals surface area (Å²) in [5, 5.41) is 0. The van der Waals surface area contributed by atoms with Crippen LogP contribution in [-0.2, 0) is 19.1 Å². The molecule has 1 rings (SSSR count). The maximum Gasteiger partial charge on any atom is 0.187 e. The predicted octanol–water partition coefficient (Wildman–Crippen LogP) is 3.21. The summed E-state index contributed by atoms with van der Waals surface area (Å²) in [5.41, 5.74) is 1.32. The van der Waals surface area contributed by atoms with Gasteiger partial charge in [-0.3, -0.25) is 9.59 Å². The number of allylic oxidation sites excluding steroid dienone is 3. The Morgan fingerprint density at radius 1 is 1.38 bits per heavy atom. The Balaban J connectivity index is 3.13. The van der Waals surface area contributed by atoms with E-state index in [0.29, 0.717) is 12.0 Å². The highest BCUT2D eigenvalue weighted by atomic mass is 16.7. The first-order chi connectivity index (χ1) is 9.50. The normalized spacial score (nSPS) is 23.0. The fourth-order valence-corrected chi connectivity index (χ4v) is 2.59. The van der Waals surface area contributed by atoms with E-state index in [9.17, 15) is 9.59 Å². The molecule has 0 saturated carbocycles. The molecule has 0 N–H and O–H groups in total. The molecule has 1 aliphatic rings. The van der Waals surface area contributed by atoms with Gasteiger partial charge in [0.1, 0.15) is 6.10 Å². The molecule has 0 radical (unpaired) electrons. The minimum atomic E-state index is -0.802. The molecular weight excluding hydrogens is 268 g/mol. The van der Waals surface area contributed by atoms with Gasteiger partial charge in [-0.05, 0) is 56.8 Å². The van der Waals surface area contributed by atoms with Gasteiger partial charge in [0.15, 0.2) is 17.4 Å². The van der Waals surface area contributed by atoms with Gasteiger partial charge in [-0.15, -0.1) is 0 Å². The van der Waals surface area contributed by atoms with Crippen molar-refractivity contribution in [3.63, 3.8) is 0 Å². The predicted molar refractivity (Wildman–Crippen MR) is 81.9 cm³/mol. The maximum absolute atomic E-state index is 12.5. The molecule has 0 fully saturated rings. The lowest BCUT2D eigenvalue weighted by Crippen LogP contribution is -2.43. The van der Waals surface area contributed by atoms with Gasteiger partial charge in [-0.2, -0.15) is 0 Å². The number of Topliss-reactive ketones (excluding diaryl/α,β-unsaturated/α-hetero) is 1. The minimum absolute atomic E-state index is 0.0301. The molecule has 118 valence electrons. The van der Waals surface area contributed by atoms with Crippen molar-refractivity contribution in [3.8, 4) is 0 Å². The Kier molecular flexibility index (Phi) is 5.29. The van der Waals surface area contributed by atoms with Gasteiger partial charge in [0.25, 0.3) is 0 Å². The average molecular weight is 294 g/mol. The lowest BCUT2D eigenvalue weighted by atomic mass is 9.71. The zero-order chi connectivity index (χ0) is 16.4. The first-order valence-corrected chi connectivity index (χ1v) is 7.17. The third-order valence-corrected chi connectivity index (χ3v) is 3.89. The maximum atomic E-state index is 12.5. The van der Waals surface area contributed by atoms with Crippen LogP contribution in [-0.4, -0.2) is 30.6 Å². The first-order valence-electron chi connectivity index (χ1n) is 7.17. The van der Waals surface area contributed by atoms with Gasteiger partial charge in [0, 0.05) is 7.11 Å². The van der Waals surface area contributed by atoms with E-state index in [2.05, 4.69) is 13.8 Å². The Morgan fingerprint density at radius 3 is 2.43 bits per heavy atom. The fraction of sp³-hybridized carbons (Fsp3) is 0.647. The molecule has 0 aliphatic heterocycles. The van der Waals surface area contributed by atoms with Gasteiger partial charge in [0.05, 0.1) is 0 Å². The monoisotopic (exact) mass is 294 g/mol. The van der Waals surface area contributed by atoms with Gasteiger partial charge >= 0.3 is 0 Å². The third kappa shape index (κ3) is 4.35. The molecule has 4 nitrogen and oxygen atoms in total. The van der Waals surface area contributed by atoms with Crippen LogP contribution >= 0.6 is 0 Å². The molecule has 21 heavy (non-hydrogen) atoms. The zero-order valence-corrected chi connectivity index (χ0v) is 14.1. The molecule has 0 bridgehead atoms. The van der Waals surface area contributed by atoms with Crippen LogP contribution in [0.25, 0.3) is 0 Å². The number of ether oxygens (including phenoxy) is 2. The Hall–Kier alpha value is -1.26. The van der Waals surface area contributed by atoms with E-state index in [1.807, 2.05) is 0 Å². The second-order valence-electron chi connectivity index (χ2n) is 6.65. The second kappa shape index (κ2) is 6.24. The molecule has 0 heterocycles. The molecule has 1 aliphatic carbocycles. The molecule has 4 heteroatoms.